The van der Waals surface area contributed by atoms with Crippen LogP contribution in [0.5, 0.6) is 0 Å². The Hall–Kier alpha value is -2.20. The van der Waals surface area contributed by atoms with Gasteiger partial charge in [0, 0.05) is 23.6 Å². The lowest BCUT2D eigenvalue weighted by molar-refractivity contribution is -0.138. The lowest BCUT2D eigenvalue weighted by Gasteiger charge is -2.09. The molecule has 0 radical (unpaired) electrons. The van der Waals surface area contributed by atoms with Gasteiger partial charge in [0.05, 0.1) is 0 Å². The summed E-state index contributed by atoms with van der Waals surface area (Å²) in [5.74, 6) is -1.06. The molecule has 2 aromatic rings. The van der Waals surface area contributed by atoms with E-state index in [2.05, 4.69) is 20.8 Å². The second-order valence-corrected chi connectivity index (χ2v) is 6.30. The first-order chi connectivity index (χ1) is 11.7. The summed E-state index contributed by atoms with van der Waals surface area (Å²) in [5.41, 5.74) is 1.22. The molecular formula is C14H12ClF3N4O2S. The molecule has 6 nitrogen and oxygen atoms in total. The molecule has 0 saturated heterocycles. The molecule has 1 aromatic heterocycles. The number of hydrogen-bond acceptors (Lipinski definition) is 5. The zero-order valence-electron chi connectivity index (χ0n) is 12.8. The molecule has 0 bridgehead atoms. The number of amides is 2. The summed E-state index contributed by atoms with van der Waals surface area (Å²) in [6.07, 6.45) is -4.98. The van der Waals surface area contributed by atoms with Gasteiger partial charge in [-0.1, -0.05) is 29.0 Å². The van der Waals surface area contributed by atoms with Gasteiger partial charge >= 0.3 is 6.18 Å². The number of benzene rings is 1. The molecule has 0 spiro atoms. The van der Waals surface area contributed by atoms with E-state index in [1.165, 1.54) is 0 Å². The van der Waals surface area contributed by atoms with Crippen molar-refractivity contribution in [3.63, 3.8) is 0 Å². The Bertz CT molecular complexity index is 795. The van der Waals surface area contributed by atoms with Crippen molar-refractivity contribution in [1.82, 2.24) is 10.2 Å². The van der Waals surface area contributed by atoms with Crippen LogP contribution in [0.4, 0.5) is 24.0 Å². The van der Waals surface area contributed by atoms with E-state index in [1.807, 2.05) is 0 Å². The van der Waals surface area contributed by atoms with Gasteiger partial charge in [-0.2, -0.15) is 13.2 Å². The highest BCUT2D eigenvalue weighted by Crippen LogP contribution is 2.33. The number of nitrogens with one attached hydrogen (secondary N) is 2. The predicted molar refractivity (Wildman–Crippen MR) is 87.6 cm³/mol. The zero-order valence-corrected chi connectivity index (χ0v) is 14.3. The highest BCUT2D eigenvalue weighted by atomic mass is 35.5. The van der Waals surface area contributed by atoms with Crippen molar-refractivity contribution in [2.45, 2.75) is 25.9 Å². The third-order valence-corrected chi connectivity index (χ3v) is 4.33. The van der Waals surface area contributed by atoms with Crippen molar-refractivity contribution in [2.75, 3.05) is 10.6 Å². The van der Waals surface area contributed by atoms with Gasteiger partial charge < -0.3 is 10.6 Å². The van der Waals surface area contributed by atoms with Crippen molar-refractivity contribution in [2.24, 2.45) is 0 Å². The molecule has 2 amide bonds. The van der Waals surface area contributed by atoms with Crippen LogP contribution < -0.4 is 10.6 Å². The molecule has 0 aliphatic rings. The van der Waals surface area contributed by atoms with E-state index in [1.54, 1.807) is 25.1 Å². The van der Waals surface area contributed by atoms with Gasteiger partial charge in [0.15, 0.2) is 0 Å². The van der Waals surface area contributed by atoms with Crippen LogP contribution in [0, 0.1) is 6.92 Å². The number of carbonyl (C=O) groups excluding carboxylic acids is 2. The highest BCUT2D eigenvalue weighted by molar-refractivity contribution is 7.15. The molecule has 0 fully saturated rings. The van der Waals surface area contributed by atoms with Crippen molar-refractivity contribution >= 4 is 45.6 Å². The van der Waals surface area contributed by atoms with Gasteiger partial charge in [-0.25, -0.2) is 0 Å². The smallest absolute Gasteiger partial charge is 0.326 e. The minimum absolute atomic E-state index is 0.150. The summed E-state index contributed by atoms with van der Waals surface area (Å²) in [6.45, 7) is 1.73. The lowest BCUT2D eigenvalue weighted by atomic mass is 10.2. The topological polar surface area (TPSA) is 84.0 Å². The monoisotopic (exact) mass is 392 g/mol. The minimum Gasteiger partial charge on any atom is -0.326 e. The maximum absolute atomic E-state index is 12.4. The zero-order chi connectivity index (χ0) is 18.6. The summed E-state index contributed by atoms with van der Waals surface area (Å²) >= 11 is 6.16. The number of hydrogen-bond donors (Lipinski definition) is 2. The molecule has 0 atom stereocenters. The van der Waals surface area contributed by atoms with Crippen LogP contribution in [0.3, 0.4) is 0 Å². The first-order valence-corrected chi connectivity index (χ1v) is 8.12. The van der Waals surface area contributed by atoms with E-state index in [0.29, 0.717) is 16.3 Å². The minimum atomic E-state index is -4.62. The van der Waals surface area contributed by atoms with Crippen LogP contribution in [0.25, 0.3) is 0 Å². The van der Waals surface area contributed by atoms with E-state index in [4.69, 9.17) is 11.6 Å². The number of rotatable bonds is 5. The molecule has 0 aliphatic carbocycles. The normalized spacial score (nSPS) is 11.2. The van der Waals surface area contributed by atoms with Crippen LogP contribution >= 0.6 is 22.9 Å². The molecule has 0 saturated carbocycles. The quantitative estimate of drug-likeness (QED) is 0.808. The van der Waals surface area contributed by atoms with Gasteiger partial charge in [-0.3, -0.25) is 9.59 Å². The Labute approximate surface area is 149 Å². The first kappa shape index (κ1) is 19.1. The standard InChI is InChI=1S/C14H12ClF3N4O2S/c1-7-8(15)3-2-4-9(7)19-10(23)5-6-11(24)20-13-22-21-12(25-13)14(16,17)18/h2-4H,5-6H2,1H3,(H,19,23)(H,20,22,24). The Morgan fingerprint density at radius 1 is 1.16 bits per heavy atom. The third-order valence-electron chi connectivity index (χ3n) is 3.03. The number of alkyl halides is 3. The summed E-state index contributed by atoms with van der Waals surface area (Å²) in [4.78, 5) is 23.6. The Kier molecular flexibility index (Phi) is 5.96. The number of nitrogens with zero attached hydrogens (tertiary/aromatic N) is 2. The van der Waals surface area contributed by atoms with Gasteiger partial charge in [0.25, 0.3) is 0 Å². The molecule has 1 heterocycles. The lowest BCUT2D eigenvalue weighted by Crippen LogP contribution is -2.17. The predicted octanol–water partition coefficient (Wildman–Crippen LogP) is 3.88. The molecule has 0 aliphatic heterocycles. The van der Waals surface area contributed by atoms with E-state index in [9.17, 15) is 22.8 Å². The van der Waals surface area contributed by atoms with E-state index < -0.39 is 23.0 Å². The van der Waals surface area contributed by atoms with Crippen molar-refractivity contribution in [1.29, 1.82) is 0 Å². The average molecular weight is 393 g/mol. The van der Waals surface area contributed by atoms with Crippen LogP contribution in [0.1, 0.15) is 23.4 Å². The van der Waals surface area contributed by atoms with Crippen molar-refractivity contribution < 1.29 is 22.8 Å². The number of anilines is 2. The van der Waals surface area contributed by atoms with Gasteiger partial charge in [-0.15, -0.1) is 10.2 Å². The molecule has 0 unspecified atom stereocenters. The summed E-state index contributed by atoms with van der Waals surface area (Å²) in [5, 5.41) is 10.0. The Morgan fingerprint density at radius 3 is 2.40 bits per heavy atom. The molecule has 2 rings (SSSR count). The van der Waals surface area contributed by atoms with Crippen molar-refractivity contribution in [3.8, 4) is 0 Å². The van der Waals surface area contributed by atoms with E-state index in [0.717, 1.165) is 0 Å². The third kappa shape index (κ3) is 5.40. The molecule has 11 heteroatoms. The summed E-state index contributed by atoms with van der Waals surface area (Å²) < 4.78 is 37.2. The molecular weight excluding hydrogens is 381 g/mol. The SMILES string of the molecule is Cc1c(Cl)cccc1NC(=O)CCC(=O)Nc1nnc(C(F)(F)F)s1. The highest BCUT2D eigenvalue weighted by Gasteiger charge is 2.35. The number of halogens is 4. The number of carbonyl (C=O) groups is 2. The molecule has 134 valence electrons. The van der Waals surface area contributed by atoms with E-state index in [-0.39, 0.29) is 29.3 Å². The van der Waals surface area contributed by atoms with E-state index >= 15 is 0 Å². The van der Waals surface area contributed by atoms with Crippen LogP contribution in [-0.2, 0) is 15.8 Å². The van der Waals surface area contributed by atoms with Gasteiger partial charge in [0.2, 0.25) is 22.0 Å². The summed E-state index contributed by atoms with van der Waals surface area (Å²) in [6, 6.07) is 5.02. The first-order valence-electron chi connectivity index (χ1n) is 6.92. The average Bonchev–Trinajstić information content (AvgIpc) is 2.98. The van der Waals surface area contributed by atoms with Gasteiger partial charge in [-0.05, 0) is 24.6 Å². The molecule has 25 heavy (non-hydrogen) atoms. The fourth-order valence-corrected chi connectivity index (χ4v) is 2.55. The van der Waals surface area contributed by atoms with Crippen LogP contribution in [-0.4, -0.2) is 22.0 Å². The molecule has 1 aromatic carbocycles. The fraction of sp³-hybridized carbons (Fsp3) is 0.286. The van der Waals surface area contributed by atoms with Crippen molar-refractivity contribution in [3.05, 3.63) is 33.8 Å². The van der Waals surface area contributed by atoms with Gasteiger partial charge in [0.1, 0.15) is 0 Å². The number of aromatic nitrogens is 2. The largest absolute Gasteiger partial charge is 0.445 e. The molecule has 2 N–H and O–H groups in total. The maximum atomic E-state index is 12.4. The fourth-order valence-electron chi connectivity index (χ4n) is 1.75. The Balaban J connectivity index is 1.84. The van der Waals surface area contributed by atoms with Crippen LogP contribution in [0.15, 0.2) is 18.2 Å². The Morgan fingerprint density at radius 2 is 1.80 bits per heavy atom. The second kappa shape index (κ2) is 7.79. The summed E-state index contributed by atoms with van der Waals surface area (Å²) in [7, 11) is 0. The maximum Gasteiger partial charge on any atom is 0.445 e. The second-order valence-electron chi connectivity index (χ2n) is 4.92. The van der Waals surface area contributed by atoms with Crippen LogP contribution in [0.2, 0.25) is 5.02 Å².